The van der Waals surface area contributed by atoms with Gasteiger partial charge in [0.25, 0.3) is 5.69 Å². The third-order valence-corrected chi connectivity index (χ3v) is 4.46. The van der Waals surface area contributed by atoms with E-state index in [4.69, 9.17) is 4.74 Å². The van der Waals surface area contributed by atoms with Crippen molar-refractivity contribution in [3.63, 3.8) is 0 Å². The molecule has 0 aromatic heterocycles. The van der Waals surface area contributed by atoms with Crippen molar-refractivity contribution in [3.05, 3.63) is 51.2 Å². The molecule has 146 valence electrons. The average Bonchev–Trinajstić information content (AvgIpc) is 2.61. The topological polar surface area (TPSA) is 102 Å². The van der Waals surface area contributed by atoms with Gasteiger partial charge in [-0.1, -0.05) is 13.8 Å². The molecule has 1 aromatic carbocycles. The molecule has 1 heterocycles. The molecule has 1 N–H and O–H groups in total. The lowest BCUT2D eigenvalue weighted by Gasteiger charge is -2.35. The summed E-state index contributed by atoms with van der Waals surface area (Å²) in [4.78, 5) is 37.1. The van der Waals surface area contributed by atoms with Crippen LogP contribution in [0.3, 0.4) is 0 Å². The van der Waals surface area contributed by atoms with Gasteiger partial charge in [0.05, 0.1) is 23.1 Å². The SMILES string of the molecule is CCOC(=O)C1=C(C)N(CCC(C)C)C(=O)N[C@@H]1c1ccc([N+](=O)[O-])cc1. The summed E-state index contributed by atoms with van der Waals surface area (Å²) in [6.07, 6.45) is 0.795. The molecule has 0 spiro atoms. The molecule has 1 atom stereocenters. The molecule has 0 fully saturated rings. The van der Waals surface area contributed by atoms with Crippen LogP contribution in [0.4, 0.5) is 10.5 Å². The van der Waals surface area contributed by atoms with Gasteiger partial charge in [0.1, 0.15) is 0 Å². The Labute approximate surface area is 158 Å². The number of esters is 1. The minimum atomic E-state index is -0.715. The van der Waals surface area contributed by atoms with Crippen LogP contribution < -0.4 is 5.32 Å². The van der Waals surface area contributed by atoms with Crippen molar-refractivity contribution in [2.45, 2.75) is 40.2 Å². The number of urea groups is 1. The van der Waals surface area contributed by atoms with E-state index in [1.54, 1.807) is 30.9 Å². The molecule has 0 unspecified atom stereocenters. The zero-order valence-electron chi connectivity index (χ0n) is 16.0. The summed E-state index contributed by atoms with van der Waals surface area (Å²) in [5.74, 6) is -0.100. The highest BCUT2D eigenvalue weighted by atomic mass is 16.6. The van der Waals surface area contributed by atoms with Gasteiger partial charge in [-0.2, -0.15) is 0 Å². The maximum atomic E-state index is 12.6. The number of carbonyl (C=O) groups excluding carboxylic acids is 2. The lowest BCUT2D eigenvalue weighted by Crippen LogP contribution is -2.48. The first kappa shape index (κ1) is 20.4. The summed E-state index contributed by atoms with van der Waals surface area (Å²) in [5, 5.41) is 13.7. The number of nitro benzene ring substituents is 1. The zero-order chi connectivity index (χ0) is 20.1. The van der Waals surface area contributed by atoms with Gasteiger partial charge in [-0.05, 0) is 43.9 Å². The van der Waals surface area contributed by atoms with E-state index in [0.717, 1.165) is 6.42 Å². The van der Waals surface area contributed by atoms with Crippen molar-refractivity contribution in [2.24, 2.45) is 5.92 Å². The van der Waals surface area contributed by atoms with Crippen molar-refractivity contribution >= 4 is 17.7 Å². The third kappa shape index (κ3) is 4.64. The molecule has 0 aliphatic carbocycles. The second-order valence-electron chi connectivity index (χ2n) is 6.78. The summed E-state index contributed by atoms with van der Waals surface area (Å²) >= 11 is 0. The third-order valence-electron chi connectivity index (χ3n) is 4.46. The largest absolute Gasteiger partial charge is 0.463 e. The summed E-state index contributed by atoms with van der Waals surface area (Å²) in [6.45, 7) is 8.27. The summed E-state index contributed by atoms with van der Waals surface area (Å²) < 4.78 is 5.19. The van der Waals surface area contributed by atoms with E-state index in [9.17, 15) is 19.7 Å². The second-order valence-corrected chi connectivity index (χ2v) is 6.78. The van der Waals surface area contributed by atoms with E-state index in [2.05, 4.69) is 19.2 Å². The number of benzene rings is 1. The number of ether oxygens (including phenoxy) is 1. The molecular weight excluding hydrogens is 350 g/mol. The van der Waals surface area contributed by atoms with Crippen LogP contribution in [0.25, 0.3) is 0 Å². The smallest absolute Gasteiger partial charge is 0.338 e. The van der Waals surface area contributed by atoms with Gasteiger partial charge < -0.3 is 10.1 Å². The number of non-ortho nitro benzene ring substituents is 1. The van der Waals surface area contributed by atoms with Crippen molar-refractivity contribution in [2.75, 3.05) is 13.2 Å². The van der Waals surface area contributed by atoms with Crippen LogP contribution in [-0.4, -0.2) is 35.0 Å². The Balaban J connectivity index is 2.44. The number of nitrogens with one attached hydrogen (secondary N) is 1. The molecule has 0 bridgehead atoms. The lowest BCUT2D eigenvalue weighted by atomic mass is 9.94. The number of rotatable bonds is 7. The van der Waals surface area contributed by atoms with Gasteiger partial charge in [-0.25, -0.2) is 9.59 Å². The van der Waals surface area contributed by atoms with Gasteiger partial charge in [-0.3, -0.25) is 15.0 Å². The number of carbonyl (C=O) groups is 2. The Morgan fingerprint density at radius 3 is 2.48 bits per heavy atom. The highest BCUT2D eigenvalue weighted by molar-refractivity contribution is 5.95. The zero-order valence-corrected chi connectivity index (χ0v) is 16.0. The highest BCUT2D eigenvalue weighted by Gasteiger charge is 2.36. The normalized spacial score (nSPS) is 17.1. The van der Waals surface area contributed by atoms with Crippen LogP contribution in [0.5, 0.6) is 0 Å². The standard InChI is InChI=1S/C19H25N3O5/c1-5-27-18(23)16-13(4)21(11-10-12(2)3)19(24)20-17(16)14-6-8-15(9-7-14)22(25)26/h6-9,12,17H,5,10-11H2,1-4H3,(H,20,24)/t17-/m1/s1. The van der Waals surface area contributed by atoms with Gasteiger partial charge in [0, 0.05) is 24.4 Å². The summed E-state index contributed by atoms with van der Waals surface area (Å²) in [5.41, 5.74) is 1.41. The summed E-state index contributed by atoms with van der Waals surface area (Å²) in [6, 6.07) is 4.77. The van der Waals surface area contributed by atoms with Gasteiger partial charge in [-0.15, -0.1) is 0 Å². The van der Waals surface area contributed by atoms with Crippen LogP contribution in [-0.2, 0) is 9.53 Å². The fourth-order valence-electron chi connectivity index (χ4n) is 2.95. The molecule has 1 aliphatic rings. The Morgan fingerprint density at radius 2 is 1.96 bits per heavy atom. The van der Waals surface area contributed by atoms with Crippen LogP contribution in [0.15, 0.2) is 35.5 Å². The van der Waals surface area contributed by atoms with E-state index < -0.39 is 16.9 Å². The van der Waals surface area contributed by atoms with Crippen LogP contribution in [0, 0.1) is 16.0 Å². The Bertz CT molecular complexity index is 755. The Hall–Kier alpha value is -2.90. The number of hydrogen-bond acceptors (Lipinski definition) is 5. The predicted molar refractivity (Wildman–Crippen MR) is 99.9 cm³/mol. The molecule has 1 aromatic rings. The number of allylic oxidation sites excluding steroid dienone is 1. The quantitative estimate of drug-likeness (QED) is 0.446. The van der Waals surface area contributed by atoms with Crippen molar-refractivity contribution in [3.8, 4) is 0 Å². The molecule has 8 nitrogen and oxygen atoms in total. The first-order valence-corrected chi connectivity index (χ1v) is 8.96. The monoisotopic (exact) mass is 375 g/mol. The maximum absolute atomic E-state index is 12.6. The van der Waals surface area contributed by atoms with E-state index in [1.807, 2.05) is 0 Å². The molecule has 2 rings (SSSR count). The first-order chi connectivity index (χ1) is 12.8. The van der Waals surface area contributed by atoms with Crippen molar-refractivity contribution < 1.29 is 19.2 Å². The molecule has 2 amide bonds. The number of nitrogens with zero attached hydrogens (tertiary/aromatic N) is 2. The molecular formula is C19H25N3O5. The Morgan fingerprint density at radius 1 is 1.33 bits per heavy atom. The Kier molecular flexibility index (Phi) is 6.55. The fraction of sp³-hybridized carbons (Fsp3) is 0.474. The van der Waals surface area contributed by atoms with Crippen LogP contribution in [0.1, 0.15) is 45.7 Å². The number of hydrogen-bond donors (Lipinski definition) is 1. The van der Waals surface area contributed by atoms with E-state index in [0.29, 0.717) is 29.3 Å². The van der Waals surface area contributed by atoms with Crippen molar-refractivity contribution in [1.82, 2.24) is 10.2 Å². The molecule has 8 heteroatoms. The molecule has 0 radical (unpaired) electrons. The van der Waals surface area contributed by atoms with E-state index in [1.165, 1.54) is 12.1 Å². The minimum absolute atomic E-state index is 0.0576. The van der Waals surface area contributed by atoms with Gasteiger partial charge in [0.15, 0.2) is 0 Å². The van der Waals surface area contributed by atoms with Crippen LogP contribution >= 0.6 is 0 Å². The first-order valence-electron chi connectivity index (χ1n) is 8.96. The maximum Gasteiger partial charge on any atom is 0.338 e. The second kappa shape index (κ2) is 8.66. The van der Waals surface area contributed by atoms with Crippen molar-refractivity contribution in [1.29, 1.82) is 0 Å². The highest BCUT2D eigenvalue weighted by Crippen LogP contribution is 2.32. The predicted octanol–water partition coefficient (Wildman–Crippen LogP) is 3.54. The minimum Gasteiger partial charge on any atom is -0.463 e. The van der Waals surface area contributed by atoms with Crippen LogP contribution in [0.2, 0.25) is 0 Å². The van der Waals surface area contributed by atoms with E-state index >= 15 is 0 Å². The molecule has 0 saturated carbocycles. The molecule has 27 heavy (non-hydrogen) atoms. The lowest BCUT2D eigenvalue weighted by molar-refractivity contribution is -0.384. The number of amides is 2. The number of nitro groups is 1. The van der Waals surface area contributed by atoms with Gasteiger partial charge >= 0.3 is 12.0 Å². The fourth-order valence-corrected chi connectivity index (χ4v) is 2.95. The summed E-state index contributed by atoms with van der Waals surface area (Å²) in [7, 11) is 0. The van der Waals surface area contributed by atoms with E-state index in [-0.39, 0.29) is 18.3 Å². The average molecular weight is 375 g/mol. The van der Waals surface area contributed by atoms with Gasteiger partial charge in [0.2, 0.25) is 0 Å². The molecule has 1 aliphatic heterocycles. The molecule has 0 saturated heterocycles.